The van der Waals surface area contributed by atoms with E-state index in [9.17, 15) is 0 Å². The lowest BCUT2D eigenvalue weighted by Gasteiger charge is -2.16. The molecule has 0 aliphatic rings. The van der Waals surface area contributed by atoms with Crippen LogP contribution in [0.15, 0.2) is 54.6 Å². The SMILES string of the molecule is COCc1cccc(C(CN)c2ccccc2)c1. The van der Waals surface area contributed by atoms with Gasteiger partial charge in [-0.3, -0.25) is 0 Å². The maximum Gasteiger partial charge on any atom is 0.0713 e. The van der Waals surface area contributed by atoms with E-state index in [4.69, 9.17) is 10.5 Å². The van der Waals surface area contributed by atoms with E-state index < -0.39 is 0 Å². The predicted octanol–water partition coefficient (Wildman–Crippen LogP) is 2.92. The molecular weight excluding hydrogens is 222 g/mol. The number of nitrogens with two attached hydrogens (primary N) is 1. The van der Waals surface area contributed by atoms with Crippen LogP contribution >= 0.6 is 0 Å². The molecule has 18 heavy (non-hydrogen) atoms. The quantitative estimate of drug-likeness (QED) is 0.873. The molecule has 2 N–H and O–H groups in total. The van der Waals surface area contributed by atoms with Gasteiger partial charge in [0.1, 0.15) is 0 Å². The van der Waals surface area contributed by atoms with Gasteiger partial charge in [-0.25, -0.2) is 0 Å². The van der Waals surface area contributed by atoms with Crippen LogP contribution in [0.4, 0.5) is 0 Å². The van der Waals surface area contributed by atoms with Gasteiger partial charge in [0.15, 0.2) is 0 Å². The summed E-state index contributed by atoms with van der Waals surface area (Å²) in [5, 5.41) is 0. The van der Waals surface area contributed by atoms with Gasteiger partial charge in [-0.2, -0.15) is 0 Å². The van der Waals surface area contributed by atoms with Crippen LogP contribution in [-0.4, -0.2) is 13.7 Å². The van der Waals surface area contributed by atoms with Crippen LogP contribution in [0.1, 0.15) is 22.6 Å². The van der Waals surface area contributed by atoms with E-state index in [1.54, 1.807) is 7.11 Å². The molecule has 1 unspecified atom stereocenters. The largest absolute Gasteiger partial charge is 0.380 e. The lowest BCUT2D eigenvalue weighted by atomic mass is 9.90. The van der Waals surface area contributed by atoms with Crippen molar-refractivity contribution >= 4 is 0 Å². The fraction of sp³-hybridized carbons (Fsp3) is 0.250. The minimum absolute atomic E-state index is 0.253. The monoisotopic (exact) mass is 241 g/mol. The van der Waals surface area contributed by atoms with E-state index >= 15 is 0 Å². The van der Waals surface area contributed by atoms with Gasteiger partial charge in [-0.15, -0.1) is 0 Å². The average molecular weight is 241 g/mol. The van der Waals surface area contributed by atoms with Gasteiger partial charge in [0, 0.05) is 19.6 Å². The van der Waals surface area contributed by atoms with Crippen molar-refractivity contribution in [1.82, 2.24) is 0 Å². The summed E-state index contributed by atoms with van der Waals surface area (Å²) < 4.78 is 5.17. The first-order chi connectivity index (χ1) is 8.85. The molecule has 0 amide bonds. The summed E-state index contributed by atoms with van der Waals surface area (Å²) in [5.74, 6) is 0.253. The average Bonchev–Trinajstić information content (AvgIpc) is 2.42. The smallest absolute Gasteiger partial charge is 0.0713 e. The number of ether oxygens (including phenoxy) is 1. The van der Waals surface area contributed by atoms with Gasteiger partial charge in [0.25, 0.3) is 0 Å². The van der Waals surface area contributed by atoms with E-state index in [0.29, 0.717) is 13.2 Å². The highest BCUT2D eigenvalue weighted by Crippen LogP contribution is 2.24. The zero-order valence-corrected chi connectivity index (χ0v) is 10.7. The van der Waals surface area contributed by atoms with Crippen molar-refractivity contribution in [3.05, 3.63) is 71.3 Å². The first-order valence-electron chi connectivity index (χ1n) is 6.18. The van der Waals surface area contributed by atoms with Crippen LogP contribution in [0.2, 0.25) is 0 Å². The third-order valence-corrected chi connectivity index (χ3v) is 3.10. The summed E-state index contributed by atoms with van der Waals surface area (Å²) in [7, 11) is 1.71. The van der Waals surface area contributed by atoms with E-state index in [-0.39, 0.29) is 5.92 Å². The number of hydrogen-bond acceptors (Lipinski definition) is 2. The van der Waals surface area contributed by atoms with Crippen LogP contribution < -0.4 is 5.73 Å². The molecule has 1 atom stereocenters. The van der Waals surface area contributed by atoms with Gasteiger partial charge in [-0.1, -0.05) is 54.6 Å². The third kappa shape index (κ3) is 2.97. The summed E-state index contributed by atoms with van der Waals surface area (Å²) in [6.07, 6.45) is 0. The molecule has 0 fully saturated rings. The van der Waals surface area contributed by atoms with Crippen molar-refractivity contribution in [2.24, 2.45) is 5.73 Å². The Hall–Kier alpha value is -1.64. The van der Waals surface area contributed by atoms with Crippen LogP contribution in [0.3, 0.4) is 0 Å². The number of benzene rings is 2. The van der Waals surface area contributed by atoms with Crippen molar-refractivity contribution in [2.45, 2.75) is 12.5 Å². The summed E-state index contributed by atoms with van der Waals surface area (Å²) >= 11 is 0. The standard InChI is InChI=1S/C16H19NO/c1-18-12-13-6-5-9-15(10-13)16(11-17)14-7-3-2-4-8-14/h2-10,16H,11-12,17H2,1H3. The molecule has 0 aliphatic carbocycles. The second-order valence-corrected chi connectivity index (χ2v) is 4.38. The van der Waals surface area contributed by atoms with E-state index in [0.717, 1.165) is 0 Å². The van der Waals surface area contributed by atoms with Crippen molar-refractivity contribution in [2.75, 3.05) is 13.7 Å². The van der Waals surface area contributed by atoms with Crippen molar-refractivity contribution in [3.63, 3.8) is 0 Å². The zero-order chi connectivity index (χ0) is 12.8. The molecule has 0 radical (unpaired) electrons. The Morgan fingerprint density at radius 1 is 1.00 bits per heavy atom. The molecule has 2 heteroatoms. The summed E-state index contributed by atoms with van der Waals surface area (Å²) in [6, 6.07) is 18.8. The predicted molar refractivity (Wildman–Crippen MR) is 74.5 cm³/mol. The molecule has 2 rings (SSSR count). The first-order valence-corrected chi connectivity index (χ1v) is 6.18. The number of hydrogen-bond donors (Lipinski definition) is 1. The highest BCUT2D eigenvalue weighted by molar-refractivity contribution is 5.35. The van der Waals surface area contributed by atoms with Gasteiger partial charge in [0.05, 0.1) is 6.61 Å². The molecular formula is C16H19NO. The Kier molecular flexibility index (Phi) is 4.51. The Balaban J connectivity index is 2.30. The third-order valence-electron chi connectivity index (χ3n) is 3.10. The molecule has 0 bridgehead atoms. The lowest BCUT2D eigenvalue weighted by molar-refractivity contribution is 0.185. The topological polar surface area (TPSA) is 35.2 Å². The molecule has 0 saturated carbocycles. The highest BCUT2D eigenvalue weighted by Gasteiger charge is 2.12. The summed E-state index contributed by atoms with van der Waals surface area (Å²) in [5.41, 5.74) is 9.62. The molecule has 0 saturated heterocycles. The van der Waals surface area contributed by atoms with Crippen LogP contribution in [0.25, 0.3) is 0 Å². The lowest BCUT2D eigenvalue weighted by Crippen LogP contribution is -2.14. The Labute approximate surface area is 108 Å². The highest BCUT2D eigenvalue weighted by atomic mass is 16.5. The maximum absolute atomic E-state index is 5.93. The summed E-state index contributed by atoms with van der Waals surface area (Å²) in [6.45, 7) is 1.25. The second kappa shape index (κ2) is 6.34. The molecule has 0 spiro atoms. The summed E-state index contributed by atoms with van der Waals surface area (Å²) in [4.78, 5) is 0. The molecule has 0 aliphatic heterocycles. The van der Waals surface area contributed by atoms with Crippen LogP contribution in [0, 0.1) is 0 Å². The Bertz CT molecular complexity index is 481. The van der Waals surface area contributed by atoms with E-state index in [1.807, 2.05) is 6.07 Å². The second-order valence-electron chi connectivity index (χ2n) is 4.38. The maximum atomic E-state index is 5.93. The van der Waals surface area contributed by atoms with Gasteiger partial charge in [0.2, 0.25) is 0 Å². The zero-order valence-electron chi connectivity index (χ0n) is 10.7. The molecule has 2 aromatic carbocycles. The van der Waals surface area contributed by atoms with Crippen molar-refractivity contribution in [1.29, 1.82) is 0 Å². The van der Waals surface area contributed by atoms with E-state index in [1.165, 1.54) is 16.7 Å². The molecule has 2 nitrogen and oxygen atoms in total. The van der Waals surface area contributed by atoms with Crippen molar-refractivity contribution < 1.29 is 4.74 Å². The molecule has 2 aromatic rings. The molecule has 0 aromatic heterocycles. The number of rotatable bonds is 5. The Morgan fingerprint density at radius 2 is 1.72 bits per heavy atom. The van der Waals surface area contributed by atoms with Crippen molar-refractivity contribution in [3.8, 4) is 0 Å². The minimum Gasteiger partial charge on any atom is -0.380 e. The minimum atomic E-state index is 0.253. The molecule has 94 valence electrons. The van der Waals surface area contributed by atoms with Crippen LogP contribution in [0.5, 0.6) is 0 Å². The first kappa shape index (κ1) is 12.8. The fourth-order valence-electron chi connectivity index (χ4n) is 2.22. The van der Waals surface area contributed by atoms with Gasteiger partial charge in [-0.05, 0) is 16.7 Å². The van der Waals surface area contributed by atoms with Crippen LogP contribution in [-0.2, 0) is 11.3 Å². The van der Waals surface area contributed by atoms with E-state index in [2.05, 4.69) is 48.5 Å². The Morgan fingerprint density at radius 3 is 2.39 bits per heavy atom. The number of methoxy groups -OCH3 is 1. The molecule has 0 heterocycles. The fourth-order valence-corrected chi connectivity index (χ4v) is 2.22. The normalized spacial score (nSPS) is 12.3. The van der Waals surface area contributed by atoms with Gasteiger partial charge >= 0.3 is 0 Å². The van der Waals surface area contributed by atoms with Gasteiger partial charge < -0.3 is 10.5 Å².